The third-order valence-corrected chi connectivity index (χ3v) is 4.13. The van der Waals surface area contributed by atoms with E-state index >= 15 is 0 Å². The van der Waals surface area contributed by atoms with Crippen molar-refractivity contribution in [2.75, 3.05) is 32.5 Å². The summed E-state index contributed by atoms with van der Waals surface area (Å²) in [6.45, 7) is 5.58. The molecule has 2 aromatic heterocycles. The smallest absolute Gasteiger partial charge is 0.245 e. The van der Waals surface area contributed by atoms with Crippen LogP contribution in [0.3, 0.4) is 0 Å². The summed E-state index contributed by atoms with van der Waals surface area (Å²) >= 11 is 0. The summed E-state index contributed by atoms with van der Waals surface area (Å²) in [4.78, 5) is 15.3. The Hall–Kier alpha value is -1.89. The number of nitrogen functional groups attached to an aromatic ring is 1. The Morgan fingerprint density at radius 1 is 1.33 bits per heavy atom. The number of hydrogen-bond acceptors (Lipinski definition) is 6. The van der Waals surface area contributed by atoms with Crippen molar-refractivity contribution >= 4 is 17.1 Å². The number of piperidine rings is 1. The van der Waals surface area contributed by atoms with Gasteiger partial charge in [0, 0.05) is 19.1 Å². The Bertz CT molecular complexity index is 617. The van der Waals surface area contributed by atoms with Crippen LogP contribution in [0.25, 0.3) is 11.2 Å². The number of fused-ring (bicyclic) bond motifs is 1. The van der Waals surface area contributed by atoms with E-state index in [2.05, 4.69) is 26.8 Å². The SMILES string of the molecule is CCCN1CCC(n2c(N)nc3c(OC)ncnc32)CC1. The summed E-state index contributed by atoms with van der Waals surface area (Å²) in [6.07, 6.45) is 4.85. The van der Waals surface area contributed by atoms with Gasteiger partial charge < -0.3 is 15.4 Å². The van der Waals surface area contributed by atoms with E-state index in [9.17, 15) is 0 Å². The summed E-state index contributed by atoms with van der Waals surface area (Å²) in [5.41, 5.74) is 7.53. The van der Waals surface area contributed by atoms with E-state index in [1.165, 1.54) is 19.3 Å². The molecule has 1 fully saturated rings. The molecule has 0 unspecified atom stereocenters. The maximum absolute atomic E-state index is 6.12. The van der Waals surface area contributed by atoms with Gasteiger partial charge in [0.05, 0.1) is 7.11 Å². The Morgan fingerprint density at radius 3 is 2.76 bits per heavy atom. The third-order valence-electron chi connectivity index (χ3n) is 4.13. The molecule has 2 aromatic rings. The highest BCUT2D eigenvalue weighted by Gasteiger charge is 2.25. The van der Waals surface area contributed by atoms with Crippen LogP contribution in [-0.4, -0.2) is 51.2 Å². The maximum Gasteiger partial charge on any atom is 0.245 e. The first-order valence-electron chi connectivity index (χ1n) is 7.49. The minimum atomic E-state index is 0.350. The van der Waals surface area contributed by atoms with Crippen molar-refractivity contribution in [1.29, 1.82) is 0 Å². The molecule has 0 atom stereocenters. The van der Waals surface area contributed by atoms with Gasteiger partial charge in [-0.05, 0) is 25.8 Å². The quantitative estimate of drug-likeness (QED) is 0.918. The number of nitrogens with zero attached hydrogens (tertiary/aromatic N) is 5. The zero-order valence-corrected chi connectivity index (χ0v) is 12.6. The van der Waals surface area contributed by atoms with Gasteiger partial charge in [0.1, 0.15) is 6.33 Å². The van der Waals surface area contributed by atoms with Gasteiger partial charge in [-0.3, -0.25) is 4.57 Å². The molecule has 3 rings (SSSR count). The Morgan fingerprint density at radius 2 is 2.10 bits per heavy atom. The molecule has 0 aliphatic carbocycles. The molecule has 7 nitrogen and oxygen atoms in total. The highest BCUT2D eigenvalue weighted by atomic mass is 16.5. The fourth-order valence-corrected chi connectivity index (χ4v) is 3.13. The summed E-state index contributed by atoms with van der Waals surface area (Å²) in [5, 5.41) is 0. The first kappa shape index (κ1) is 14.1. The Balaban J connectivity index is 1.89. The molecule has 0 amide bonds. The van der Waals surface area contributed by atoms with Gasteiger partial charge in [0.15, 0.2) is 11.2 Å². The van der Waals surface area contributed by atoms with E-state index in [1.54, 1.807) is 7.11 Å². The molecule has 21 heavy (non-hydrogen) atoms. The minimum Gasteiger partial charge on any atom is -0.479 e. The molecule has 1 aliphatic rings. The second-order valence-corrected chi connectivity index (χ2v) is 5.47. The number of methoxy groups -OCH3 is 1. The topological polar surface area (TPSA) is 82.1 Å². The number of ether oxygens (including phenoxy) is 1. The predicted molar refractivity (Wildman–Crippen MR) is 81.3 cm³/mol. The standard InChI is InChI=1S/C14H22N6O/c1-3-6-19-7-4-10(5-8-19)20-12-11(18-14(20)15)13(21-2)17-9-16-12/h9-10H,3-8H2,1-2H3,(H2,15,18). The van der Waals surface area contributed by atoms with Gasteiger partial charge >= 0.3 is 0 Å². The van der Waals surface area contributed by atoms with Crippen molar-refractivity contribution in [2.45, 2.75) is 32.2 Å². The van der Waals surface area contributed by atoms with Gasteiger partial charge in [-0.2, -0.15) is 4.98 Å². The first-order valence-corrected chi connectivity index (χ1v) is 7.49. The second kappa shape index (κ2) is 5.85. The molecule has 0 saturated carbocycles. The molecule has 0 spiro atoms. The molecule has 0 bridgehead atoms. The fourth-order valence-electron chi connectivity index (χ4n) is 3.13. The second-order valence-electron chi connectivity index (χ2n) is 5.47. The molecule has 114 valence electrons. The molecule has 0 radical (unpaired) electrons. The normalized spacial score (nSPS) is 17.4. The molecule has 1 saturated heterocycles. The lowest BCUT2D eigenvalue weighted by molar-refractivity contribution is 0.189. The van der Waals surface area contributed by atoms with Crippen molar-refractivity contribution in [3.05, 3.63) is 6.33 Å². The van der Waals surface area contributed by atoms with E-state index in [4.69, 9.17) is 10.5 Å². The zero-order chi connectivity index (χ0) is 14.8. The van der Waals surface area contributed by atoms with E-state index in [1.807, 2.05) is 4.57 Å². The molecule has 3 heterocycles. The van der Waals surface area contributed by atoms with Crippen LogP contribution in [0, 0.1) is 0 Å². The van der Waals surface area contributed by atoms with Crippen LogP contribution < -0.4 is 10.5 Å². The Kier molecular flexibility index (Phi) is 3.92. The predicted octanol–water partition coefficient (Wildman–Crippen LogP) is 1.46. The number of aromatic nitrogens is 4. The van der Waals surface area contributed by atoms with Crippen molar-refractivity contribution in [3.63, 3.8) is 0 Å². The fraction of sp³-hybridized carbons (Fsp3) is 0.643. The number of nitrogens with two attached hydrogens (primary N) is 1. The van der Waals surface area contributed by atoms with Gasteiger partial charge in [0.25, 0.3) is 0 Å². The highest BCUT2D eigenvalue weighted by Crippen LogP contribution is 2.31. The van der Waals surface area contributed by atoms with Gasteiger partial charge in [-0.1, -0.05) is 6.92 Å². The average molecular weight is 290 g/mol. The van der Waals surface area contributed by atoms with Crippen LogP contribution in [0.5, 0.6) is 5.88 Å². The number of imidazole rings is 1. The lowest BCUT2D eigenvalue weighted by atomic mass is 10.0. The summed E-state index contributed by atoms with van der Waals surface area (Å²) in [5.74, 6) is 0.978. The van der Waals surface area contributed by atoms with E-state index in [0.717, 1.165) is 31.6 Å². The number of hydrogen-bond donors (Lipinski definition) is 1. The van der Waals surface area contributed by atoms with E-state index in [-0.39, 0.29) is 0 Å². The lowest BCUT2D eigenvalue weighted by Gasteiger charge is -2.32. The summed E-state index contributed by atoms with van der Waals surface area (Å²) in [6, 6.07) is 0.350. The van der Waals surface area contributed by atoms with Crippen LogP contribution >= 0.6 is 0 Å². The monoisotopic (exact) mass is 290 g/mol. The molecule has 1 aliphatic heterocycles. The molecular weight excluding hydrogens is 268 g/mol. The van der Waals surface area contributed by atoms with Crippen molar-refractivity contribution < 1.29 is 4.74 Å². The largest absolute Gasteiger partial charge is 0.479 e. The molecular formula is C14H22N6O. The van der Waals surface area contributed by atoms with Crippen LogP contribution in [-0.2, 0) is 0 Å². The van der Waals surface area contributed by atoms with Crippen molar-refractivity contribution in [1.82, 2.24) is 24.4 Å². The van der Waals surface area contributed by atoms with Crippen LogP contribution in [0.2, 0.25) is 0 Å². The van der Waals surface area contributed by atoms with E-state index in [0.29, 0.717) is 23.4 Å². The number of rotatable bonds is 4. The number of likely N-dealkylation sites (tertiary alicyclic amines) is 1. The first-order chi connectivity index (χ1) is 10.2. The van der Waals surface area contributed by atoms with Gasteiger partial charge in [0.2, 0.25) is 11.8 Å². The maximum atomic E-state index is 6.12. The Labute approximate surface area is 124 Å². The van der Waals surface area contributed by atoms with Crippen LogP contribution in [0.15, 0.2) is 6.33 Å². The van der Waals surface area contributed by atoms with Crippen molar-refractivity contribution in [3.8, 4) is 5.88 Å². The van der Waals surface area contributed by atoms with Gasteiger partial charge in [-0.25, -0.2) is 9.97 Å². The van der Waals surface area contributed by atoms with E-state index < -0.39 is 0 Å². The van der Waals surface area contributed by atoms with Crippen LogP contribution in [0.1, 0.15) is 32.2 Å². The molecule has 2 N–H and O–H groups in total. The highest BCUT2D eigenvalue weighted by molar-refractivity contribution is 5.79. The number of anilines is 1. The van der Waals surface area contributed by atoms with Crippen LogP contribution in [0.4, 0.5) is 5.95 Å². The molecule has 7 heteroatoms. The lowest BCUT2D eigenvalue weighted by Crippen LogP contribution is -2.35. The minimum absolute atomic E-state index is 0.350. The molecule has 0 aromatic carbocycles. The summed E-state index contributed by atoms with van der Waals surface area (Å²) in [7, 11) is 1.58. The average Bonchev–Trinajstić information content (AvgIpc) is 2.84. The van der Waals surface area contributed by atoms with Gasteiger partial charge in [-0.15, -0.1) is 0 Å². The van der Waals surface area contributed by atoms with Crippen molar-refractivity contribution in [2.24, 2.45) is 0 Å². The summed E-state index contributed by atoms with van der Waals surface area (Å²) < 4.78 is 7.29. The third kappa shape index (κ3) is 2.53. The zero-order valence-electron chi connectivity index (χ0n) is 12.6.